The Morgan fingerprint density at radius 2 is 1.40 bits per heavy atom. The second-order valence-corrected chi connectivity index (χ2v) is 9.23. The van der Waals surface area contributed by atoms with Crippen molar-refractivity contribution in [3.63, 3.8) is 0 Å². The average molecular weight is 553 g/mol. The molecule has 0 fully saturated rings. The van der Waals surface area contributed by atoms with Gasteiger partial charge >= 0.3 is 5.97 Å². The number of amides is 4. The van der Waals surface area contributed by atoms with Gasteiger partial charge in [-0.15, -0.1) is 0 Å². The van der Waals surface area contributed by atoms with Crippen molar-refractivity contribution in [1.82, 2.24) is 20.9 Å². The van der Waals surface area contributed by atoms with E-state index >= 15 is 0 Å². The maximum atomic E-state index is 13.4. The first kappa shape index (κ1) is 29.8. The predicted molar refractivity (Wildman–Crippen MR) is 144 cm³/mol. The molecule has 0 saturated carbocycles. The van der Waals surface area contributed by atoms with Gasteiger partial charge in [-0.3, -0.25) is 19.2 Å². The van der Waals surface area contributed by atoms with Gasteiger partial charge in [0.15, 0.2) is 0 Å². The highest BCUT2D eigenvalue weighted by molar-refractivity contribution is 5.96. The summed E-state index contributed by atoms with van der Waals surface area (Å²) in [5.74, 6) is -4.80. The van der Waals surface area contributed by atoms with Crippen LogP contribution in [0.1, 0.15) is 17.5 Å². The Hall–Kier alpha value is -4.75. The van der Waals surface area contributed by atoms with Crippen molar-refractivity contribution in [1.29, 1.82) is 0 Å². The standard InChI is InChI=1S/C27H32N6O7/c28-18(14-34)24(36)31-21(12-23(29)35)26(38)32-20(10-15-6-2-1-3-7-15)25(37)33-22(27(39)40)11-16-13-30-19-9-5-4-8-17(16)19/h1-9,13,18,20-22,30,34H,10-12,14,28H2,(H2,29,35)(H,31,36)(H,32,38)(H,33,37)(H,39,40). The Kier molecular flexibility index (Phi) is 10.3. The molecule has 0 saturated heterocycles. The zero-order valence-corrected chi connectivity index (χ0v) is 21.5. The van der Waals surface area contributed by atoms with Crippen LogP contribution in [-0.4, -0.2) is 75.6 Å². The highest BCUT2D eigenvalue weighted by Crippen LogP contribution is 2.19. The molecule has 13 heteroatoms. The van der Waals surface area contributed by atoms with Crippen LogP contribution in [0.4, 0.5) is 0 Å². The average Bonchev–Trinajstić information content (AvgIpc) is 3.34. The fourth-order valence-electron chi connectivity index (χ4n) is 4.10. The monoisotopic (exact) mass is 552 g/mol. The number of carboxylic acids is 1. The summed E-state index contributed by atoms with van der Waals surface area (Å²) in [6.07, 6.45) is 1.01. The summed E-state index contributed by atoms with van der Waals surface area (Å²) in [7, 11) is 0. The van der Waals surface area contributed by atoms with E-state index in [0.29, 0.717) is 11.1 Å². The summed E-state index contributed by atoms with van der Waals surface area (Å²) >= 11 is 0. The predicted octanol–water partition coefficient (Wildman–Crippen LogP) is -1.31. The van der Waals surface area contributed by atoms with Crippen molar-refractivity contribution >= 4 is 40.5 Å². The van der Waals surface area contributed by atoms with E-state index < -0.39 is 66.8 Å². The number of benzene rings is 2. The number of aromatic nitrogens is 1. The number of nitrogens with two attached hydrogens (primary N) is 2. The zero-order valence-electron chi connectivity index (χ0n) is 21.5. The molecule has 2 aromatic carbocycles. The summed E-state index contributed by atoms with van der Waals surface area (Å²) in [6, 6.07) is 10.5. The number of carbonyl (C=O) groups is 5. The molecule has 4 amide bonds. The van der Waals surface area contributed by atoms with Crippen LogP contribution in [-0.2, 0) is 36.8 Å². The number of hydrogen-bond acceptors (Lipinski definition) is 7. The first-order valence-corrected chi connectivity index (χ1v) is 12.5. The molecule has 0 radical (unpaired) electrons. The minimum atomic E-state index is -1.49. The van der Waals surface area contributed by atoms with Crippen LogP contribution in [0.25, 0.3) is 10.9 Å². The molecule has 1 heterocycles. The van der Waals surface area contributed by atoms with Crippen molar-refractivity contribution in [2.75, 3.05) is 6.61 Å². The largest absolute Gasteiger partial charge is 0.480 e. The molecule has 3 aromatic rings. The number of primary amides is 1. The van der Waals surface area contributed by atoms with Crippen LogP contribution >= 0.6 is 0 Å². The third kappa shape index (κ3) is 8.12. The van der Waals surface area contributed by atoms with E-state index in [1.54, 1.807) is 36.5 Å². The number of aliphatic carboxylic acids is 1. The molecule has 13 nitrogen and oxygen atoms in total. The lowest BCUT2D eigenvalue weighted by molar-refractivity contribution is -0.142. The van der Waals surface area contributed by atoms with Crippen molar-refractivity contribution in [2.45, 2.75) is 43.4 Å². The summed E-state index contributed by atoms with van der Waals surface area (Å²) in [5, 5.41) is 27.0. The smallest absolute Gasteiger partial charge is 0.326 e. The van der Waals surface area contributed by atoms with Crippen molar-refractivity contribution in [3.05, 3.63) is 71.9 Å². The molecular formula is C27H32N6O7. The second kappa shape index (κ2) is 13.9. The minimum absolute atomic E-state index is 0.0226. The molecule has 212 valence electrons. The molecule has 4 unspecified atom stereocenters. The van der Waals surface area contributed by atoms with E-state index in [1.165, 1.54) is 0 Å². The number of H-pyrrole nitrogens is 1. The van der Waals surface area contributed by atoms with Gasteiger partial charge in [-0.2, -0.15) is 0 Å². The van der Waals surface area contributed by atoms with E-state index in [-0.39, 0.29) is 12.8 Å². The highest BCUT2D eigenvalue weighted by atomic mass is 16.4. The molecule has 0 aliphatic rings. The normalized spacial score (nSPS) is 13.9. The van der Waals surface area contributed by atoms with E-state index in [2.05, 4.69) is 20.9 Å². The van der Waals surface area contributed by atoms with Crippen LogP contribution in [0, 0.1) is 0 Å². The number of fused-ring (bicyclic) bond motifs is 1. The number of aliphatic hydroxyl groups excluding tert-OH is 1. The van der Waals surface area contributed by atoms with Gasteiger partial charge in [0.25, 0.3) is 0 Å². The second-order valence-electron chi connectivity index (χ2n) is 9.23. The quantitative estimate of drug-likeness (QED) is 0.119. The summed E-state index contributed by atoms with van der Waals surface area (Å²) < 4.78 is 0. The first-order valence-electron chi connectivity index (χ1n) is 12.5. The van der Waals surface area contributed by atoms with Gasteiger partial charge in [0.1, 0.15) is 24.2 Å². The zero-order chi connectivity index (χ0) is 29.2. The fourth-order valence-corrected chi connectivity index (χ4v) is 4.10. The minimum Gasteiger partial charge on any atom is -0.480 e. The molecule has 0 aliphatic carbocycles. The first-order chi connectivity index (χ1) is 19.1. The van der Waals surface area contributed by atoms with Crippen molar-refractivity contribution in [3.8, 4) is 0 Å². The number of carbonyl (C=O) groups excluding carboxylic acids is 4. The molecule has 0 aliphatic heterocycles. The summed E-state index contributed by atoms with van der Waals surface area (Å²) in [5.41, 5.74) is 12.9. The fraction of sp³-hybridized carbons (Fsp3) is 0.296. The molecule has 1 aromatic heterocycles. The van der Waals surface area contributed by atoms with Crippen LogP contribution < -0.4 is 27.4 Å². The van der Waals surface area contributed by atoms with Crippen LogP contribution in [0.3, 0.4) is 0 Å². The molecule has 0 bridgehead atoms. The molecule has 4 atom stereocenters. The van der Waals surface area contributed by atoms with E-state index in [0.717, 1.165) is 10.9 Å². The lowest BCUT2D eigenvalue weighted by Crippen LogP contribution is -2.58. The maximum absolute atomic E-state index is 13.4. The number of nitrogens with one attached hydrogen (secondary N) is 4. The van der Waals surface area contributed by atoms with Crippen molar-refractivity contribution < 1.29 is 34.2 Å². The van der Waals surface area contributed by atoms with Gasteiger partial charge in [0, 0.05) is 29.9 Å². The number of carboxylic acid groups (broad SMARTS) is 1. The third-order valence-corrected chi connectivity index (χ3v) is 6.20. The lowest BCUT2D eigenvalue weighted by atomic mass is 10.0. The topological polar surface area (TPSA) is 230 Å². The molecule has 10 N–H and O–H groups in total. The van der Waals surface area contributed by atoms with Gasteiger partial charge in [0.2, 0.25) is 23.6 Å². The number of aromatic amines is 1. The summed E-state index contributed by atoms with van der Waals surface area (Å²) in [4.78, 5) is 65.4. The lowest BCUT2D eigenvalue weighted by Gasteiger charge is -2.25. The highest BCUT2D eigenvalue weighted by Gasteiger charge is 2.31. The van der Waals surface area contributed by atoms with E-state index in [1.807, 2.05) is 24.3 Å². The Labute approximate surface area is 229 Å². The van der Waals surface area contributed by atoms with Gasteiger partial charge in [0.05, 0.1) is 13.0 Å². The summed E-state index contributed by atoms with van der Waals surface area (Å²) in [6.45, 7) is -0.706. The van der Waals surface area contributed by atoms with Gasteiger partial charge in [-0.05, 0) is 17.2 Å². The van der Waals surface area contributed by atoms with Gasteiger partial charge < -0.3 is 42.6 Å². The van der Waals surface area contributed by atoms with Gasteiger partial charge in [-0.1, -0.05) is 48.5 Å². The van der Waals surface area contributed by atoms with Gasteiger partial charge in [-0.25, -0.2) is 4.79 Å². The Balaban J connectivity index is 1.82. The van der Waals surface area contributed by atoms with E-state index in [4.69, 9.17) is 16.6 Å². The number of hydrogen-bond donors (Lipinski definition) is 8. The third-order valence-electron chi connectivity index (χ3n) is 6.20. The number of rotatable bonds is 14. The molecule has 40 heavy (non-hydrogen) atoms. The number of aliphatic hydroxyl groups is 1. The maximum Gasteiger partial charge on any atom is 0.326 e. The van der Waals surface area contributed by atoms with Crippen LogP contribution in [0.15, 0.2) is 60.8 Å². The van der Waals surface area contributed by atoms with E-state index in [9.17, 15) is 29.1 Å². The van der Waals surface area contributed by atoms with Crippen molar-refractivity contribution in [2.24, 2.45) is 11.5 Å². The molecule has 3 rings (SSSR count). The molecular weight excluding hydrogens is 520 g/mol. The Bertz CT molecular complexity index is 1360. The molecule has 0 spiro atoms. The Morgan fingerprint density at radius 3 is 2.05 bits per heavy atom. The Morgan fingerprint density at radius 1 is 0.800 bits per heavy atom. The van der Waals surface area contributed by atoms with Crippen LogP contribution in [0.5, 0.6) is 0 Å². The number of para-hydroxylation sites is 1. The SMILES string of the molecule is NC(=O)CC(NC(=O)C(N)CO)C(=O)NC(Cc1ccccc1)C(=O)NC(Cc1c[nH]c2ccccc12)C(=O)O. The van der Waals surface area contributed by atoms with Crippen LogP contribution in [0.2, 0.25) is 0 Å².